The van der Waals surface area contributed by atoms with Crippen LogP contribution in [0.1, 0.15) is 0 Å². The van der Waals surface area contributed by atoms with E-state index >= 15 is 0 Å². The zero-order valence-electron chi connectivity index (χ0n) is 7.08. The molecule has 0 atom stereocenters. The predicted molar refractivity (Wildman–Crippen MR) is 45.0 cm³/mol. The van der Waals surface area contributed by atoms with Gasteiger partial charge >= 0.3 is 12.5 Å². The van der Waals surface area contributed by atoms with Gasteiger partial charge in [-0.1, -0.05) is 18.2 Å². The number of carbonyl (C=O) groups is 1. The van der Waals surface area contributed by atoms with Gasteiger partial charge < -0.3 is 0 Å². The normalized spacial score (nSPS) is 9.14. The van der Waals surface area contributed by atoms with E-state index in [4.69, 9.17) is 0 Å². The van der Waals surface area contributed by atoms with Crippen LogP contribution in [0.4, 0.5) is 0 Å². The fourth-order valence-corrected chi connectivity index (χ4v) is 0.702. The first-order valence-corrected chi connectivity index (χ1v) is 3.72. The Morgan fingerprint density at radius 1 is 1.36 bits per heavy atom. The van der Waals surface area contributed by atoms with Crippen LogP contribution < -0.4 is 4.89 Å². The summed E-state index contributed by atoms with van der Waals surface area (Å²) >= 11 is 0. The summed E-state index contributed by atoms with van der Waals surface area (Å²) in [6.45, 7) is -0.910. The molecular formula is C8H7NO5. The highest BCUT2D eigenvalue weighted by atomic mass is 17.2. The Morgan fingerprint density at radius 2 is 2.00 bits per heavy atom. The molecule has 6 heteroatoms. The first kappa shape index (κ1) is 9.97. The van der Waals surface area contributed by atoms with Crippen LogP contribution in [-0.4, -0.2) is 17.4 Å². The predicted octanol–water partition coefficient (Wildman–Crippen LogP) is 0.800. The summed E-state index contributed by atoms with van der Waals surface area (Å²) in [4.78, 5) is 28.4. The van der Waals surface area contributed by atoms with Crippen LogP contribution in [0, 0.1) is 10.1 Å². The Balaban J connectivity index is 2.34. The lowest BCUT2D eigenvalue weighted by atomic mass is 10.3. The third-order valence-electron chi connectivity index (χ3n) is 1.23. The molecule has 0 amide bonds. The molecule has 0 aliphatic carbocycles. The monoisotopic (exact) mass is 197 g/mol. The molecule has 0 radical (unpaired) electrons. The maximum Gasteiger partial charge on any atom is 0.425 e. The Kier molecular flexibility index (Phi) is 3.42. The number of rotatable bonds is 4. The average Bonchev–Trinajstić information content (AvgIpc) is 2.15. The molecule has 0 saturated carbocycles. The van der Waals surface area contributed by atoms with Gasteiger partial charge in [0.05, 0.1) is 0 Å². The summed E-state index contributed by atoms with van der Waals surface area (Å²) in [6.07, 6.45) is 0. The Morgan fingerprint density at radius 3 is 2.57 bits per heavy atom. The molecule has 0 spiro atoms. The Labute approximate surface area is 79.1 Å². The van der Waals surface area contributed by atoms with Crippen molar-refractivity contribution in [3.05, 3.63) is 40.4 Å². The zero-order valence-corrected chi connectivity index (χ0v) is 7.08. The number of benzene rings is 1. The van der Waals surface area contributed by atoms with E-state index in [9.17, 15) is 14.9 Å². The Hall–Kier alpha value is -2.11. The number of hydrogen-bond donors (Lipinski definition) is 0. The fraction of sp³-hybridized carbons (Fsp3) is 0.125. The minimum absolute atomic E-state index is 0.309. The van der Waals surface area contributed by atoms with Crippen LogP contribution in [-0.2, 0) is 9.68 Å². The minimum Gasteiger partial charge on any atom is -0.287 e. The highest BCUT2D eigenvalue weighted by Crippen LogP contribution is 2.08. The van der Waals surface area contributed by atoms with E-state index in [1.165, 1.54) is 0 Å². The van der Waals surface area contributed by atoms with E-state index < -0.39 is 17.4 Å². The number of nitrogens with zero attached hydrogens (tertiary/aromatic N) is 1. The molecule has 0 bridgehead atoms. The van der Waals surface area contributed by atoms with Crippen molar-refractivity contribution in [2.45, 2.75) is 0 Å². The van der Waals surface area contributed by atoms with E-state index in [1.807, 2.05) is 0 Å². The van der Waals surface area contributed by atoms with Gasteiger partial charge in [0.25, 0.3) is 0 Å². The number of nitro groups is 1. The van der Waals surface area contributed by atoms with Gasteiger partial charge in [-0.25, -0.2) is 9.68 Å². The van der Waals surface area contributed by atoms with Crippen LogP contribution in [0.5, 0.6) is 5.75 Å². The summed E-state index contributed by atoms with van der Waals surface area (Å²) in [5, 5.41) is 9.87. The van der Waals surface area contributed by atoms with Crippen molar-refractivity contribution in [2.24, 2.45) is 0 Å². The molecule has 14 heavy (non-hydrogen) atoms. The summed E-state index contributed by atoms with van der Waals surface area (Å²) in [6, 6.07) is 8.22. The maximum atomic E-state index is 10.6. The molecule has 0 N–H and O–H groups in total. The SMILES string of the molecule is O=C(C[N+](=O)[O-])OOc1ccccc1. The van der Waals surface area contributed by atoms with Crippen molar-refractivity contribution in [1.82, 2.24) is 0 Å². The summed E-state index contributed by atoms with van der Waals surface area (Å²) in [5.74, 6) is -0.733. The molecule has 0 aliphatic rings. The van der Waals surface area contributed by atoms with E-state index in [0.29, 0.717) is 5.75 Å². The fourth-order valence-electron chi connectivity index (χ4n) is 0.702. The van der Waals surface area contributed by atoms with Crippen LogP contribution >= 0.6 is 0 Å². The maximum absolute atomic E-state index is 10.6. The van der Waals surface area contributed by atoms with Crippen molar-refractivity contribution in [3.8, 4) is 5.75 Å². The largest absolute Gasteiger partial charge is 0.425 e. The molecule has 0 saturated heterocycles. The van der Waals surface area contributed by atoms with Crippen molar-refractivity contribution >= 4 is 5.97 Å². The molecule has 0 aliphatic heterocycles. The summed E-state index contributed by atoms with van der Waals surface area (Å²) < 4.78 is 0. The van der Waals surface area contributed by atoms with Crippen molar-refractivity contribution in [2.75, 3.05) is 6.54 Å². The van der Waals surface area contributed by atoms with E-state index in [0.717, 1.165) is 0 Å². The van der Waals surface area contributed by atoms with Crippen LogP contribution in [0.25, 0.3) is 0 Å². The van der Waals surface area contributed by atoms with Gasteiger partial charge in [0.15, 0.2) is 5.75 Å². The van der Waals surface area contributed by atoms with Crippen molar-refractivity contribution in [3.63, 3.8) is 0 Å². The summed E-state index contributed by atoms with van der Waals surface area (Å²) in [5.41, 5.74) is 0. The van der Waals surface area contributed by atoms with Gasteiger partial charge in [-0.15, -0.1) is 0 Å². The molecule has 6 nitrogen and oxygen atoms in total. The molecular weight excluding hydrogens is 190 g/mol. The van der Waals surface area contributed by atoms with E-state index in [1.54, 1.807) is 30.3 Å². The summed E-state index contributed by atoms with van der Waals surface area (Å²) in [7, 11) is 0. The minimum atomic E-state index is -1.04. The Bertz CT molecular complexity index is 324. The second-order valence-electron chi connectivity index (χ2n) is 2.34. The molecule has 1 rings (SSSR count). The van der Waals surface area contributed by atoms with Gasteiger partial charge in [0.2, 0.25) is 0 Å². The molecule has 1 aromatic carbocycles. The zero-order chi connectivity index (χ0) is 10.4. The lowest BCUT2D eigenvalue weighted by Crippen LogP contribution is -2.18. The highest BCUT2D eigenvalue weighted by molar-refractivity contribution is 5.69. The molecule has 0 aromatic heterocycles. The van der Waals surface area contributed by atoms with Gasteiger partial charge in [-0.05, 0) is 12.1 Å². The topological polar surface area (TPSA) is 78.7 Å². The smallest absolute Gasteiger partial charge is 0.287 e. The number of hydrogen-bond acceptors (Lipinski definition) is 5. The number of para-hydroxylation sites is 1. The van der Waals surface area contributed by atoms with E-state index in [-0.39, 0.29) is 0 Å². The molecule has 0 heterocycles. The first-order chi connectivity index (χ1) is 6.68. The molecule has 74 valence electrons. The molecule has 0 fully saturated rings. The quantitative estimate of drug-likeness (QED) is 0.405. The average molecular weight is 197 g/mol. The second kappa shape index (κ2) is 4.80. The standard InChI is InChI=1S/C8H7NO5/c10-8(6-9(11)12)14-13-7-4-2-1-3-5-7/h1-5H,6H2. The van der Waals surface area contributed by atoms with Gasteiger partial charge in [0, 0.05) is 4.92 Å². The molecule has 1 aromatic rings. The van der Waals surface area contributed by atoms with Crippen LogP contribution in [0.2, 0.25) is 0 Å². The second-order valence-corrected chi connectivity index (χ2v) is 2.34. The van der Waals surface area contributed by atoms with Crippen molar-refractivity contribution in [1.29, 1.82) is 0 Å². The first-order valence-electron chi connectivity index (χ1n) is 3.72. The van der Waals surface area contributed by atoms with Crippen LogP contribution in [0.15, 0.2) is 30.3 Å². The van der Waals surface area contributed by atoms with Crippen LogP contribution in [0.3, 0.4) is 0 Å². The molecule has 0 unspecified atom stereocenters. The van der Waals surface area contributed by atoms with E-state index in [2.05, 4.69) is 9.78 Å². The lowest BCUT2D eigenvalue weighted by molar-refractivity contribution is -0.473. The van der Waals surface area contributed by atoms with Gasteiger partial charge in [-0.2, -0.15) is 0 Å². The highest BCUT2D eigenvalue weighted by Gasteiger charge is 2.12. The van der Waals surface area contributed by atoms with Gasteiger partial charge in [0.1, 0.15) is 0 Å². The number of carbonyl (C=O) groups excluding carboxylic acids is 1. The third-order valence-corrected chi connectivity index (χ3v) is 1.23. The third kappa shape index (κ3) is 3.53. The van der Waals surface area contributed by atoms with Gasteiger partial charge in [-0.3, -0.25) is 15.0 Å². The lowest BCUT2D eigenvalue weighted by Gasteiger charge is -2.00. The van der Waals surface area contributed by atoms with Crippen molar-refractivity contribution < 1.29 is 19.5 Å².